The summed E-state index contributed by atoms with van der Waals surface area (Å²) in [7, 11) is -2.15. The van der Waals surface area contributed by atoms with Gasteiger partial charge in [0.15, 0.2) is 0 Å². The molecule has 0 aromatic carbocycles. The van der Waals surface area contributed by atoms with Gasteiger partial charge in [0.25, 0.3) is 0 Å². The molecule has 4 atom stereocenters. The second-order valence-corrected chi connectivity index (χ2v) is 8.44. The first kappa shape index (κ1) is 16.7. The summed E-state index contributed by atoms with van der Waals surface area (Å²) in [5, 5.41) is -0.639. The number of hydrogen-bond acceptors (Lipinski definition) is 5. The summed E-state index contributed by atoms with van der Waals surface area (Å²) in [6.07, 6.45) is 3.54. The Hall–Kier alpha value is -0.660. The van der Waals surface area contributed by atoms with Crippen LogP contribution in [0.2, 0.25) is 0 Å². The summed E-state index contributed by atoms with van der Waals surface area (Å²) in [5.41, 5.74) is 5.96. The van der Waals surface area contributed by atoms with E-state index in [1.807, 2.05) is 6.92 Å². The lowest BCUT2D eigenvalue weighted by atomic mass is 9.89. The molecule has 0 aromatic heterocycles. The minimum atomic E-state index is -3.47. The lowest BCUT2D eigenvalue weighted by Gasteiger charge is -2.38. The van der Waals surface area contributed by atoms with Crippen molar-refractivity contribution in [3.05, 3.63) is 0 Å². The van der Waals surface area contributed by atoms with E-state index in [9.17, 15) is 13.2 Å². The number of sulfonamides is 1. The second kappa shape index (κ2) is 6.62. The Kier molecular flexibility index (Phi) is 5.27. The molecule has 0 radical (unpaired) electrons. The van der Waals surface area contributed by atoms with Crippen LogP contribution in [0.15, 0.2) is 0 Å². The summed E-state index contributed by atoms with van der Waals surface area (Å²) in [6.45, 7) is 2.89. The van der Waals surface area contributed by atoms with Crippen LogP contribution in [0.3, 0.4) is 0 Å². The van der Waals surface area contributed by atoms with E-state index in [4.69, 9.17) is 10.5 Å². The fourth-order valence-electron chi connectivity index (χ4n) is 3.42. The molecule has 4 unspecified atom stereocenters. The Morgan fingerprint density at radius 2 is 1.90 bits per heavy atom. The Morgan fingerprint density at radius 1 is 1.24 bits per heavy atom. The van der Waals surface area contributed by atoms with Crippen LogP contribution in [0.1, 0.15) is 39.0 Å². The third-order valence-corrected chi connectivity index (χ3v) is 7.26. The summed E-state index contributed by atoms with van der Waals surface area (Å²) in [6, 6.07) is 0.0548. The molecule has 2 fully saturated rings. The van der Waals surface area contributed by atoms with Crippen molar-refractivity contribution in [3.8, 4) is 0 Å². The van der Waals surface area contributed by atoms with Gasteiger partial charge in [-0.2, -0.15) is 0 Å². The molecule has 2 rings (SSSR count). The molecule has 0 amide bonds. The summed E-state index contributed by atoms with van der Waals surface area (Å²) >= 11 is 0. The highest BCUT2D eigenvalue weighted by atomic mass is 32.2. The fourth-order valence-corrected chi connectivity index (χ4v) is 5.74. The standard InChI is InChI=1S/C14H26N2O4S/c1-10-9-16(8-7-12(10)15)21(18,19)13-6-4-3-5-11(13)14(17)20-2/h10-13H,3-9,15H2,1-2H3. The van der Waals surface area contributed by atoms with Gasteiger partial charge in [-0.1, -0.05) is 19.8 Å². The molecular weight excluding hydrogens is 292 g/mol. The number of nitrogens with two attached hydrogens (primary N) is 1. The normalized spacial score (nSPS) is 35.4. The average Bonchev–Trinajstić information content (AvgIpc) is 2.49. The molecule has 1 aliphatic carbocycles. The van der Waals surface area contributed by atoms with Crippen LogP contribution in [0.25, 0.3) is 0 Å². The van der Waals surface area contributed by atoms with Gasteiger partial charge in [-0.25, -0.2) is 12.7 Å². The second-order valence-electron chi connectivity index (χ2n) is 6.29. The molecule has 0 spiro atoms. The molecule has 1 aliphatic heterocycles. The first-order chi connectivity index (χ1) is 9.87. The first-order valence-electron chi connectivity index (χ1n) is 7.70. The molecule has 2 N–H and O–H groups in total. The molecule has 6 nitrogen and oxygen atoms in total. The third kappa shape index (κ3) is 3.40. The molecule has 0 aromatic rings. The van der Waals surface area contributed by atoms with Crippen molar-refractivity contribution >= 4 is 16.0 Å². The number of ether oxygens (including phenoxy) is 1. The molecule has 1 saturated heterocycles. The minimum absolute atomic E-state index is 0.0548. The van der Waals surface area contributed by atoms with E-state index >= 15 is 0 Å². The highest BCUT2D eigenvalue weighted by molar-refractivity contribution is 7.89. The fraction of sp³-hybridized carbons (Fsp3) is 0.929. The monoisotopic (exact) mass is 318 g/mol. The first-order valence-corrected chi connectivity index (χ1v) is 9.20. The van der Waals surface area contributed by atoms with Crippen LogP contribution in [0.4, 0.5) is 0 Å². The maximum Gasteiger partial charge on any atom is 0.310 e. The average molecular weight is 318 g/mol. The molecule has 1 heterocycles. The number of carbonyl (C=O) groups is 1. The highest BCUT2D eigenvalue weighted by Gasteiger charge is 2.44. The SMILES string of the molecule is COC(=O)C1CCCCC1S(=O)(=O)N1CCC(N)C(C)C1. The Balaban J connectivity index is 2.18. The van der Waals surface area contributed by atoms with E-state index in [0.717, 1.165) is 12.8 Å². The van der Waals surface area contributed by atoms with Gasteiger partial charge in [-0.3, -0.25) is 4.79 Å². The van der Waals surface area contributed by atoms with Crippen molar-refractivity contribution in [2.24, 2.45) is 17.6 Å². The smallest absolute Gasteiger partial charge is 0.310 e. The maximum absolute atomic E-state index is 12.9. The number of rotatable bonds is 3. The van der Waals surface area contributed by atoms with Gasteiger partial charge in [0.05, 0.1) is 18.3 Å². The van der Waals surface area contributed by atoms with Crippen LogP contribution in [0.5, 0.6) is 0 Å². The molecule has 0 bridgehead atoms. The number of esters is 1. The van der Waals surface area contributed by atoms with Gasteiger partial charge in [0.1, 0.15) is 0 Å². The van der Waals surface area contributed by atoms with Gasteiger partial charge < -0.3 is 10.5 Å². The van der Waals surface area contributed by atoms with E-state index in [-0.39, 0.29) is 12.0 Å². The van der Waals surface area contributed by atoms with Crippen molar-refractivity contribution in [3.63, 3.8) is 0 Å². The van der Waals surface area contributed by atoms with Crippen molar-refractivity contribution in [2.75, 3.05) is 20.2 Å². The van der Waals surface area contributed by atoms with E-state index in [0.29, 0.717) is 32.4 Å². The van der Waals surface area contributed by atoms with Crippen LogP contribution in [-0.4, -0.2) is 50.2 Å². The topological polar surface area (TPSA) is 89.7 Å². The van der Waals surface area contributed by atoms with E-state index < -0.39 is 27.2 Å². The summed E-state index contributed by atoms with van der Waals surface area (Å²) in [4.78, 5) is 11.9. The van der Waals surface area contributed by atoms with Crippen LogP contribution < -0.4 is 5.73 Å². The lowest BCUT2D eigenvalue weighted by molar-refractivity contribution is -0.146. The highest BCUT2D eigenvalue weighted by Crippen LogP contribution is 2.33. The zero-order valence-corrected chi connectivity index (χ0v) is 13.6. The van der Waals surface area contributed by atoms with Gasteiger partial charge in [0.2, 0.25) is 10.0 Å². The van der Waals surface area contributed by atoms with Crippen molar-refractivity contribution < 1.29 is 17.9 Å². The predicted octanol–water partition coefficient (Wildman–Crippen LogP) is 0.717. The van der Waals surface area contributed by atoms with E-state index in [2.05, 4.69) is 0 Å². The molecule has 1 saturated carbocycles. The predicted molar refractivity (Wildman–Crippen MR) is 80.0 cm³/mol. The molecule has 122 valence electrons. The van der Waals surface area contributed by atoms with Gasteiger partial charge in [-0.05, 0) is 25.2 Å². The maximum atomic E-state index is 12.9. The Morgan fingerprint density at radius 3 is 2.52 bits per heavy atom. The summed E-state index contributed by atoms with van der Waals surface area (Å²) < 4.78 is 32.1. The molecule has 7 heteroatoms. The Bertz CT molecular complexity index is 479. The van der Waals surface area contributed by atoms with Crippen molar-refractivity contribution in [1.29, 1.82) is 0 Å². The third-order valence-electron chi connectivity index (χ3n) is 4.88. The number of carbonyl (C=O) groups excluding carboxylic acids is 1. The van der Waals surface area contributed by atoms with Crippen molar-refractivity contribution in [1.82, 2.24) is 4.31 Å². The number of piperidine rings is 1. The quantitative estimate of drug-likeness (QED) is 0.774. The van der Waals surface area contributed by atoms with E-state index in [1.165, 1.54) is 11.4 Å². The van der Waals surface area contributed by atoms with Crippen LogP contribution in [-0.2, 0) is 19.6 Å². The number of nitrogens with zero attached hydrogens (tertiary/aromatic N) is 1. The lowest BCUT2D eigenvalue weighted by Crippen LogP contribution is -2.53. The minimum Gasteiger partial charge on any atom is -0.469 e. The van der Waals surface area contributed by atoms with Gasteiger partial charge >= 0.3 is 5.97 Å². The zero-order valence-electron chi connectivity index (χ0n) is 12.8. The summed E-state index contributed by atoms with van der Waals surface area (Å²) in [5.74, 6) is -0.779. The van der Waals surface area contributed by atoms with Gasteiger partial charge in [-0.15, -0.1) is 0 Å². The molecule has 21 heavy (non-hydrogen) atoms. The van der Waals surface area contributed by atoms with Crippen LogP contribution in [0, 0.1) is 11.8 Å². The Labute approximate surface area is 127 Å². The largest absolute Gasteiger partial charge is 0.469 e. The molecular formula is C14H26N2O4S. The van der Waals surface area contributed by atoms with Crippen molar-refractivity contribution in [2.45, 2.75) is 50.3 Å². The zero-order chi connectivity index (χ0) is 15.6. The van der Waals surface area contributed by atoms with E-state index in [1.54, 1.807) is 0 Å². The van der Waals surface area contributed by atoms with Gasteiger partial charge in [0, 0.05) is 19.1 Å². The van der Waals surface area contributed by atoms with Crippen LogP contribution >= 0.6 is 0 Å². The molecule has 2 aliphatic rings. The number of hydrogen-bond donors (Lipinski definition) is 1. The number of methoxy groups -OCH3 is 1.